The largest absolute Gasteiger partial charge is 0.330 e. The molecule has 1 aliphatic carbocycles. The molecule has 0 aliphatic heterocycles. The summed E-state index contributed by atoms with van der Waals surface area (Å²) in [5.41, 5.74) is 5.78. The van der Waals surface area contributed by atoms with Crippen molar-refractivity contribution in [2.45, 2.75) is 25.8 Å². The van der Waals surface area contributed by atoms with Crippen molar-refractivity contribution in [1.29, 1.82) is 0 Å². The third-order valence-corrected chi connectivity index (χ3v) is 5.08. The maximum atomic E-state index is 5.78. The van der Waals surface area contributed by atoms with Crippen LogP contribution < -0.4 is 11.1 Å². The summed E-state index contributed by atoms with van der Waals surface area (Å²) in [6.07, 6.45) is 4.04. The van der Waals surface area contributed by atoms with Gasteiger partial charge in [-0.3, -0.25) is 0 Å². The highest BCUT2D eigenvalue weighted by molar-refractivity contribution is 9.11. The van der Waals surface area contributed by atoms with E-state index in [1.165, 1.54) is 27.9 Å². The molecule has 0 amide bonds. The zero-order valence-electron chi connectivity index (χ0n) is 9.42. The van der Waals surface area contributed by atoms with Crippen molar-refractivity contribution in [1.82, 2.24) is 5.32 Å². The van der Waals surface area contributed by atoms with Crippen LogP contribution >= 0.6 is 27.3 Å². The summed E-state index contributed by atoms with van der Waals surface area (Å²) >= 11 is 5.29. The van der Waals surface area contributed by atoms with E-state index in [1.807, 2.05) is 0 Å². The van der Waals surface area contributed by atoms with Gasteiger partial charge >= 0.3 is 0 Å². The maximum absolute atomic E-state index is 5.78. The van der Waals surface area contributed by atoms with Gasteiger partial charge in [0.15, 0.2) is 0 Å². The highest BCUT2D eigenvalue weighted by Crippen LogP contribution is 2.30. The quantitative estimate of drug-likeness (QED) is 0.877. The molecule has 2 unspecified atom stereocenters. The second-order valence-electron chi connectivity index (χ2n) is 4.52. The molecule has 1 fully saturated rings. The first kappa shape index (κ1) is 12.6. The van der Waals surface area contributed by atoms with Crippen LogP contribution in [-0.2, 0) is 6.54 Å². The van der Waals surface area contributed by atoms with E-state index in [1.54, 1.807) is 11.3 Å². The first-order chi connectivity index (χ1) is 7.79. The molecule has 4 heteroatoms. The fourth-order valence-electron chi connectivity index (χ4n) is 2.52. The minimum atomic E-state index is 0.752. The van der Waals surface area contributed by atoms with Crippen molar-refractivity contribution >= 4 is 27.3 Å². The Bertz CT molecular complexity index is 327. The average molecular weight is 303 g/mol. The summed E-state index contributed by atoms with van der Waals surface area (Å²) in [6, 6.07) is 4.29. The minimum absolute atomic E-state index is 0.752. The number of halogens is 1. The number of rotatable bonds is 5. The number of thiophene rings is 1. The number of hydrogen-bond acceptors (Lipinski definition) is 3. The Balaban J connectivity index is 1.71. The molecule has 1 heterocycles. The van der Waals surface area contributed by atoms with Gasteiger partial charge in [0.2, 0.25) is 0 Å². The van der Waals surface area contributed by atoms with Crippen LogP contribution in [0.15, 0.2) is 15.9 Å². The summed E-state index contributed by atoms with van der Waals surface area (Å²) in [5.74, 6) is 1.55. The molecule has 1 aromatic rings. The first-order valence-corrected chi connectivity index (χ1v) is 7.55. The molecule has 2 nitrogen and oxygen atoms in total. The Kier molecular flexibility index (Phi) is 4.82. The summed E-state index contributed by atoms with van der Waals surface area (Å²) in [5, 5.41) is 3.56. The van der Waals surface area contributed by atoms with Crippen LogP contribution in [0.4, 0.5) is 0 Å². The lowest BCUT2D eigenvalue weighted by Crippen LogP contribution is -2.28. The van der Waals surface area contributed by atoms with Crippen molar-refractivity contribution in [2.75, 3.05) is 13.1 Å². The molecular weight excluding hydrogens is 284 g/mol. The van der Waals surface area contributed by atoms with E-state index in [0.717, 1.165) is 31.5 Å². The predicted molar refractivity (Wildman–Crippen MR) is 73.6 cm³/mol. The molecule has 1 aromatic heterocycles. The van der Waals surface area contributed by atoms with Gasteiger partial charge in [-0.25, -0.2) is 0 Å². The van der Waals surface area contributed by atoms with E-state index in [4.69, 9.17) is 5.73 Å². The summed E-state index contributed by atoms with van der Waals surface area (Å²) in [7, 11) is 0. The van der Waals surface area contributed by atoms with Gasteiger partial charge in [0.25, 0.3) is 0 Å². The molecular formula is C12H19BrN2S. The van der Waals surface area contributed by atoms with E-state index in [0.29, 0.717) is 0 Å². The topological polar surface area (TPSA) is 38.0 Å². The van der Waals surface area contributed by atoms with E-state index >= 15 is 0 Å². The molecule has 2 rings (SSSR count). The number of nitrogens with two attached hydrogens (primary N) is 1. The van der Waals surface area contributed by atoms with Gasteiger partial charge in [-0.2, -0.15) is 0 Å². The highest BCUT2D eigenvalue weighted by atomic mass is 79.9. The highest BCUT2D eigenvalue weighted by Gasteiger charge is 2.25. The average Bonchev–Trinajstić information content (AvgIpc) is 2.87. The van der Waals surface area contributed by atoms with Crippen LogP contribution in [0.25, 0.3) is 0 Å². The van der Waals surface area contributed by atoms with Gasteiger partial charge in [0, 0.05) is 11.4 Å². The van der Waals surface area contributed by atoms with Gasteiger partial charge < -0.3 is 11.1 Å². The lowest BCUT2D eigenvalue weighted by molar-refractivity contribution is 0.374. The van der Waals surface area contributed by atoms with Crippen molar-refractivity contribution in [2.24, 2.45) is 17.6 Å². The Labute approximate surface area is 110 Å². The van der Waals surface area contributed by atoms with Crippen molar-refractivity contribution in [3.8, 4) is 0 Å². The molecule has 0 bridgehead atoms. The Morgan fingerprint density at radius 1 is 1.38 bits per heavy atom. The fourth-order valence-corrected chi connectivity index (χ4v) is 3.97. The van der Waals surface area contributed by atoms with Crippen LogP contribution in [0.5, 0.6) is 0 Å². The van der Waals surface area contributed by atoms with E-state index < -0.39 is 0 Å². The summed E-state index contributed by atoms with van der Waals surface area (Å²) < 4.78 is 1.21. The SMILES string of the molecule is NCC1CCCC1CNCc1ccc(Br)s1. The fraction of sp³-hybridized carbons (Fsp3) is 0.667. The molecule has 3 N–H and O–H groups in total. The molecule has 0 spiro atoms. The van der Waals surface area contributed by atoms with E-state index in [2.05, 4.69) is 33.4 Å². The van der Waals surface area contributed by atoms with Crippen LogP contribution in [0.2, 0.25) is 0 Å². The van der Waals surface area contributed by atoms with Gasteiger partial charge in [0.05, 0.1) is 3.79 Å². The van der Waals surface area contributed by atoms with Gasteiger partial charge in [0.1, 0.15) is 0 Å². The van der Waals surface area contributed by atoms with E-state index in [-0.39, 0.29) is 0 Å². The first-order valence-electron chi connectivity index (χ1n) is 5.94. The standard InChI is InChI=1S/C12H19BrN2S/c13-12-5-4-11(16-12)8-15-7-10-3-1-2-9(10)6-14/h4-5,9-10,15H,1-3,6-8,14H2. The molecule has 0 saturated heterocycles. The van der Waals surface area contributed by atoms with Crippen molar-refractivity contribution in [3.63, 3.8) is 0 Å². The molecule has 0 radical (unpaired) electrons. The van der Waals surface area contributed by atoms with E-state index in [9.17, 15) is 0 Å². The monoisotopic (exact) mass is 302 g/mol. The lowest BCUT2D eigenvalue weighted by atomic mass is 9.96. The third-order valence-electron chi connectivity index (χ3n) is 3.45. The minimum Gasteiger partial charge on any atom is -0.330 e. The smallest absolute Gasteiger partial charge is 0.0701 e. The Morgan fingerprint density at radius 3 is 2.88 bits per heavy atom. The predicted octanol–water partition coefficient (Wildman–Crippen LogP) is 2.98. The second-order valence-corrected chi connectivity index (χ2v) is 7.07. The van der Waals surface area contributed by atoms with Crippen LogP contribution in [0, 0.1) is 11.8 Å². The van der Waals surface area contributed by atoms with Crippen LogP contribution in [0.1, 0.15) is 24.1 Å². The van der Waals surface area contributed by atoms with Gasteiger partial charge in [-0.1, -0.05) is 6.42 Å². The molecule has 16 heavy (non-hydrogen) atoms. The van der Waals surface area contributed by atoms with Crippen molar-refractivity contribution < 1.29 is 0 Å². The van der Waals surface area contributed by atoms with Crippen molar-refractivity contribution in [3.05, 3.63) is 20.8 Å². The van der Waals surface area contributed by atoms with Gasteiger partial charge in [-0.15, -0.1) is 11.3 Å². The molecule has 1 aliphatic rings. The number of hydrogen-bond donors (Lipinski definition) is 2. The molecule has 1 saturated carbocycles. The molecule has 90 valence electrons. The number of nitrogens with one attached hydrogen (secondary N) is 1. The second kappa shape index (κ2) is 6.15. The zero-order valence-corrected chi connectivity index (χ0v) is 11.8. The third kappa shape index (κ3) is 3.29. The lowest BCUT2D eigenvalue weighted by Gasteiger charge is -2.17. The zero-order chi connectivity index (χ0) is 11.4. The summed E-state index contributed by atoms with van der Waals surface area (Å²) in [4.78, 5) is 1.40. The van der Waals surface area contributed by atoms with Gasteiger partial charge in [-0.05, 0) is 65.8 Å². The molecule has 0 aromatic carbocycles. The Morgan fingerprint density at radius 2 is 2.19 bits per heavy atom. The van der Waals surface area contributed by atoms with Crippen LogP contribution in [0.3, 0.4) is 0 Å². The normalized spacial score (nSPS) is 25.1. The van der Waals surface area contributed by atoms with Crippen LogP contribution in [-0.4, -0.2) is 13.1 Å². The Hall–Kier alpha value is 0.1000. The summed E-state index contributed by atoms with van der Waals surface area (Å²) in [6.45, 7) is 2.97. The molecule has 2 atom stereocenters. The maximum Gasteiger partial charge on any atom is 0.0701 e.